The van der Waals surface area contributed by atoms with Crippen molar-refractivity contribution in [3.8, 4) is 11.5 Å². The summed E-state index contributed by atoms with van der Waals surface area (Å²) in [5, 5.41) is 3.39. The van der Waals surface area contributed by atoms with Crippen molar-refractivity contribution in [2.45, 2.75) is 30.3 Å². The number of oxazole rings is 1. The zero-order chi connectivity index (χ0) is 23.6. The lowest BCUT2D eigenvalue weighted by atomic mass is 10.0. The summed E-state index contributed by atoms with van der Waals surface area (Å²) in [5.41, 5.74) is 2.09. The standard InChI is InChI=1S/C23H30N4O5S/c1-26(2)33(28,29)18-6-8-20-19(14-18)25-23(32-20)27(17-9-11-24-12-10-17)15-16-5-7-21(30-3)22(13-16)31-4/h5-8,13-14,17,24H,9-12,15H2,1-4H3. The molecule has 0 aliphatic carbocycles. The maximum Gasteiger partial charge on any atom is 0.298 e. The van der Waals surface area contributed by atoms with Crippen LogP contribution in [0.2, 0.25) is 0 Å². The lowest BCUT2D eigenvalue weighted by Gasteiger charge is -2.33. The molecule has 1 fully saturated rings. The highest BCUT2D eigenvalue weighted by molar-refractivity contribution is 7.89. The molecule has 0 amide bonds. The molecule has 0 saturated carbocycles. The molecule has 0 bridgehead atoms. The van der Waals surface area contributed by atoms with Crippen LogP contribution in [0.15, 0.2) is 45.7 Å². The summed E-state index contributed by atoms with van der Waals surface area (Å²) in [4.78, 5) is 7.04. The van der Waals surface area contributed by atoms with Crippen LogP contribution < -0.4 is 19.7 Å². The zero-order valence-corrected chi connectivity index (χ0v) is 20.2. The van der Waals surface area contributed by atoms with Crippen LogP contribution >= 0.6 is 0 Å². The van der Waals surface area contributed by atoms with Gasteiger partial charge in [-0.15, -0.1) is 0 Å². The van der Waals surface area contributed by atoms with Crippen molar-refractivity contribution in [3.63, 3.8) is 0 Å². The maximum absolute atomic E-state index is 12.5. The first kappa shape index (κ1) is 23.3. The minimum atomic E-state index is -3.56. The first-order valence-electron chi connectivity index (χ1n) is 10.8. The van der Waals surface area contributed by atoms with E-state index in [1.54, 1.807) is 32.4 Å². The van der Waals surface area contributed by atoms with Crippen molar-refractivity contribution in [1.82, 2.24) is 14.6 Å². The quantitative estimate of drug-likeness (QED) is 0.532. The smallest absolute Gasteiger partial charge is 0.298 e. The molecule has 33 heavy (non-hydrogen) atoms. The number of sulfonamides is 1. The van der Waals surface area contributed by atoms with Crippen LogP contribution in [0.1, 0.15) is 18.4 Å². The molecular weight excluding hydrogens is 444 g/mol. The number of nitrogens with one attached hydrogen (secondary N) is 1. The average molecular weight is 475 g/mol. The molecule has 9 nitrogen and oxygen atoms in total. The van der Waals surface area contributed by atoms with E-state index in [0.717, 1.165) is 31.5 Å². The van der Waals surface area contributed by atoms with Gasteiger partial charge in [-0.2, -0.15) is 4.98 Å². The molecule has 1 aliphatic heterocycles. The number of hydrogen-bond donors (Lipinski definition) is 1. The number of fused-ring (bicyclic) bond motifs is 1. The lowest BCUT2D eigenvalue weighted by molar-refractivity contribution is 0.354. The third-order valence-electron chi connectivity index (χ3n) is 5.92. The van der Waals surface area contributed by atoms with Crippen molar-refractivity contribution < 1.29 is 22.3 Å². The van der Waals surface area contributed by atoms with Crippen molar-refractivity contribution in [3.05, 3.63) is 42.0 Å². The van der Waals surface area contributed by atoms with E-state index < -0.39 is 10.0 Å². The summed E-state index contributed by atoms with van der Waals surface area (Å²) in [5.74, 6) is 1.34. The van der Waals surface area contributed by atoms with E-state index in [1.165, 1.54) is 18.4 Å². The van der Waals surface area contributed by atoms with Gasteiger partial charge in [-0.1, -0.05) is 6.07 Å². The molecule has 4 rings (SSSR count). The first-order valence-corrected chi connectivity index (χ1v) is 12.3. The summed E-state index contributed by atoms with van der Waals surface area (Å²) in [6, 6.07) is 11.3. The van der Waals surface area contributed by atoms with Gasteiger partial charge in [0.2, 0.25) is 10.0 Å². The molecule has 10 heteroatoms. The Morgan fingerprint density at radius 1 is 1.06 bits per heavy atom. The minimum absolute atomic E-state index is 0.188. The molecule has 1 N–H and O–H groups in total. The number of benzene rings is 2. The van der Waals surface area contributed by atoms with Crippen molar-refractivity contribution >= 4 is 27.1 Å². The summed E-state index contributed by atoms with van der Waals surface area (Å²) in [6.45, 7) is 2.40. The number of nitrogens with zero attached hydrogens (tertiary/aromatic N) is 3. The Morgan fingerprint density at radius 3 is 2.45 bits per heavy atom. The highest BCUT2D eigenvalue weighted by Crippen LogP contribution is 2.32. The van der Waals surface area contributed by atoms with Crippen molar-refractivity contribution in [1.29, 1.82) is 0 Å². The molecule has 1 aliphatic rings. The predicted octanol–water partition coefficient (Wildman–Crippen LogP) is 2.85. The van der Waals surface area contributed by atoms with Crippen LogP contribution in [-0.2, 0) is 16.6 Å². The number of rotatable bonds is 8. The molecule has 1 saturated heterocycles. The van der Waals surface area contributed by atoms with Crippen LogP contribution in [0, 0.1) is 0 Å². The Bertz CT molecular complexity index is 1220. The minimum Gasteiger partial charge on any atom is -0.493 e. The number of anilines is 1. The molecule has 0 unspecified atom stereocenters. The highest BCUT2D eigenvalue weighted by Gasteiger charge is 2.27. The van der Waals surface area contributed by atoms with Gasteiger partial charge >= 0.3 is 0 Å². The number of aromatic nitrogens is 1. The van der Waals surface area contributed by atoms with Crippen LogP contribution in [0.5, 0.6) is 11.5 Å². The third kappa shape index (κ3) is 4.78. The van der Waals surface area contributed by atoms with Gasteiger partial charge in [-0.25, -0.2) is 12.7 Å². The molecule has 1 aromatic heterocycles. The van der Waals surface area contributed by atoms with E-state index in [-0.39, 0.29) is 10.9 Å². The predicted molar refractivity (Wildman–Crippen MR) is 127 cm³/mol. The zero-order valence-electron chi connectivity index (χ0n) is 19.4. The summed E-state index contributed by atoms with van der Waals surface area (Å²) in [7, 11) is 2.69. The lowest BCUT2D eigenvalue weighted by Crippen LogP contribution is -2.43. The molecule has 0 atom stereocenters. The average Bonchev–Trinajstić information content (AvgIpc) is 3.25. The van der Waals surface area contributed by atoms with Crippen LogP contribution in [0.4, 0.5) is 6.01 Å². The largest absolute Gasteiger partial charge is 0.493 e. The van der Waals surface area contributed by atoms with Gasteiger partial charge in [-0.3, -0.25) is 0 Å². The topological polar surface area (TPSA) is 97.1 Å². The normalized spacial score (nSPS) is 15.2. The Morgan fingerprint density at radius 2 is 1.79 bits per heavy atom. The van der Waals surface area contributed by atoms with E-state index in [2.05, 4.69) is 10.2 Å². The fraction of sp³-hybridized carbons (Fsp3) is 0.435. The molecule has 0 spiro atoms. The van der Waals surface area contributed by atoms with Gasteiger partial charge in [0, 0.05) is 26.7 Å². The molecule has 2 heterocycles. The maximum atomic E-state index is 12.5. The number of methoxy groups -OCH3 is 2. The Kier molecular flexibility index (Phi) is 6.78. The Labute approximate surface area is 194 Å². The van der Waals surface area contributed by atoms with Gasteiger partial charge < -0.3 is 24.1 Å². The van der Waals surface area contributed by atoms with E-state index in [4.69, 9.17) is 18.9 Å². The SMILES string of the molecule is COc1ccc(CN(c2nc3cc(S(=O)(=O)N(C)C)ccc3o2)C2CCNCC2)cc1OC. The summed E-state index contributed by atoms with van der Waals surface area (Å²) in [6.07, 6.45) is 1.90. The van der Waals surface area contributed by atoms with Gasteiger partial charge in [-0.05, 0) is 61.8 Å². The molecule has 2 aromatic carbocycles. The van der Waals surface area contributed by atoms with Gasteiger partial charge in [0.15, 0.2) is 17.1 Å². The van der Waals surface area contributed by atoms with Crippen molar-refractivity contribution in [2.75, 3.05) is 46.3 Å². The van der Waals surface area contributed by atoms with Crippen LogP contribution in [0.3, 0.4) is 0 Å². The van der Waals surface area contributed by atoms with Gasteiger partial charge in [0.25, 0.3) is 6.01 Å². The first-order chi connectivity index (χ1) is 15.8. The van der Waals surface area contributed by atoms with E-state index in [9.17, 15) is 8.42 Å². The fourth-order valence-corrected chi connectivity index (χ4v) is 4.96. The second kappa shape index (κ2) is 9.58. The van der Waals surface area contributed by atoms with E-state index >= 15 is 0 Å². The van der Waals surface area contributed by atoms with E-state index in [0.29, 0.717) is 35.2 Å². The second-order valence-electron chi connectivity index (χ2n) is 8.21. The van der Waals surface area contributed by atoms with E-state index in [1.807, 2.05) is 18.2 Å². The van der Waals surface area contributed by atoms with Gasteiger partial charge in [0.1, 0.15) is 5.52 Å². The Hall–Kier alpha value is -2.82. The third-order valence-corrected chi connectivity index (χ3v) is 7.73. The van der Waals surface area contributed by atoms with Crippen LogP contribution in [0.25, 0.3) is 11.1 Å². The summed E-state index contributed by atoms with van der Waals surface area (Å²) >= 11 is 0. The number of piperidine rings is 1. The Balaban J connectivity index is 1.71. The van der Waals surface area contributed by atoms with Crippen molar-refractivity contribution in [2.24, 2.45) is 0 Å². The van der Waals surface area contributed by atoms with Crippen LogP contribution in [-0.4, -0.2) is 65.2 Å². The number of ether oxygens (including phenoxy) is 2. The molecule has 0 radical (unpaired) electrons. The summed E-state index contributed by atoms with van der Waals surface area (Å²) < 4.78 is 43.2. The van der Waals surface area contributed by atoms with Gasteiger partial charge in [0.05, 0.1) is 19.1 Å². The monoisotopic (exact) mass is 474 g/mol. The highest BCUT2D eigenvalue weighted by atomic mass is 32.2. The molecule has 3 aromatic rings. The fourth-order valence-electron chi connectivity index (χ4n) is 4.04. The number of hydrogen-bond acceptors (Lipinski definition) is 8. The molecule has 178 valence electrons. The molecular formula is C23H30N4O5S. The second-order valence-corrected chi connectivity index (χ2v) is 10.4.